The molecule has 1 N–H and O–H groups in total. The van der Waals surface area contributed by atoms with Crippen LogP contribution in [0.1, 0.15) is 31.4 Å². The molecule has 1 heterocycles. The highest BCUT2D eigenvalue weighted by molar-refractivity contribution is 7.90. The molecule has 3 aromatic carbocycles. The maximum absolute atomic E-state index is 13.6. The molecule has 1 fully saturated rings. The fraction of sp³-hybridized carbons (Fsp3) is 0.240. The third-order valence-electron chi connectivity index (χ3n) is 5.91. The number of fused-ring (bicyclic) bond motifs is 1. The lowest BCUT2D eigenvalue weighted by molar-refractivity contribution is 0.173. The Balaban J connectivity index is 1.49. The van der Waals surface area contributed by atoms with Crippen molar-refractivity contribution in [2.24, 2.45) is 0 Å². The summed E-state index contributed by atoms with van der Waals surface area (Å²) in [5.41, 5.74) is 1.95. The van der Waals surface area contributed by atoms with E-state index in [4.69, 9.17) is 16.3 Å². The van der Waals surface area contributed by atoms with Crippen LogP contribution in [-0.4, -0.2) is 29.5 Å². The summed E-state index contributed by atoms with van der Waals surface area (Å²) >= 11 is 6.58. The van der Waals surface area contributed by atoms with E-state index < -0.39 is 33.2 Å². The number of ether oxygens (including phenoxy) is 1. The predicted octanol–water partition coefficient (Wildman–Crippen LogP) is 5.55. The number of sulfonamides is 1. The first-order valence-corrected chi connectivity index (χ1v) is 13.0. The third kappa shape index (κ3) is 5.03. The van der Waals surface area contributed by atoms with Crippen LogP contribution in [-0.2, 0) is 10.0 Å². The number of nitrogens with one attached hydrogen (secondary N) is 1. The average molecular weight is 518 g/mol. The van der Waals surface area contributed by atoms with Gasteiger partial charge in [-0.05, 0) is 73.9 Å². The summed E-state index contributed by atoms with van der Waals surface area (Å²) in [4.78, 5) is 0. The van der Waals surface area contributed by atoms with E-state index in [2.05, 4.69) is 9.82 Å². The highest BCUT2D eigenvalue weighted by Crippen LogP contribution is 2.36. The molecule has 5 rings (SSSR count). The summed E-state index contributed by atoms with van der Waals surface area (Å²) < 4.78 is 62.6. The minimum atomic E-state index is -3.49. The molecule has 10 heteroatoms. The van der Waals surface area contributed by atoms with Gasteiger partial charge in [0.1, 0.15) is 23.5 Å². The van der Waals surface area contributed by atoms with Gasteiger partial charge in [-0.25, -0.2) is 26.6 Å². The number of aromatic nitrogens is 2. The second kappa shape index (κ2) is 9.22. The molecule has 6 nitrogen and oxygen atoms in total. The normalized spacial score (nSPS) is 15.8. The molecule has 0 saturated heterocycles. The predicted molar refractivity (Wildman–Crippen MR) is 130 cm³/mol. The van der Waals surface area contributed by atoms with Gasteiger partial charge in [-0.3, -0.25) is 0 Å². The van der Waals surface area contributed by atoms with Crippen molar-refractivity contribution < 1.29 is 21.9 Å². The SMILES string of the molecule is C[C@@H](NS(=O)(=O)C1CC1)[C@@H](Oc1cc2cnn(-c3ccc(F)cc3)c2cc1Cl)c1ccc(F)cc1. The largest absolute Gasteiger partial charge is 0.482 e. The minimum absolute atomic E-state index is 0.283. The molecule has 1 aliphatic carbocycles. The molecule has 0 amide bonds. The molecule has 0 bridgehead atoms. The van der Waals surface area contributed by atoms with E-state index >= 15 is 0 Å². The van der Waals surface area contributed by atoms with Crippen LogP contribution in [0.3, 0.4) is 0 Å². The summed E-state index contributed by atoms with van der Waals surface area (Å²) in [6, 6.07) is 14.4. The van der Waals surface area contributed by atoms with Gasteiger partial charge in [-0.15, -0.1) is 0 Å². The summed E-state index contributed by atoms with van der Waals surface area (Å²) in [5.74, 6) is -0.437. The van der Waals surface area contributed by atoms with Crippen molar-refractivity contribution in [1.29, 1.82) is 0 Å². The van der Waals surface area contributed by atoms with Gasteiger partial charge in [0.2, 0.25) is 10.0 Å². The summed E-state index contributed by atoms with van der Waals surface area (Å²) in [6.45, 7) is 1.70. The molecular weight excluding hydrogens is 496 g/mol. The fourth-order valence-corrected chi connectivity index (χ4v) is 5.74. The molecule has 1 saturated carbocycles. The van der Waals surface area contributed by atoms with Crippen molar-refractivity contribution in [2.75, 3.05) is 0 Å². The standard InChI is InChI=1S/C25H22ClF2N3O3S/c1-15(30-35(32,33)21-10-11-21)25(16-2-4-18(27)5-3-16)34-24-12-17-14-29-31(23(17)13-22(24)26)20-8-6-19(28)7-9-20/h2-9,12-15,21,25,30H,10-11H2,1H3/t15-,25-/m1/s1. The van der Waals surface area contributed by atoms with Crippen LogP contribution in [0.25, 0.3) is 16.6 Å². The number of nitrogens with zero attached hydrogens (tertiary/aromatic N) is 2. The lowest BCUT2D eigenvalue weighted by Gasteiger charge is -2.27. The number of hydrogen-bond donors (Lipinski definition) is 1. The van der Waals surface area contributed by atoms with Gasteiger partial charge in [-0.1, -0.05) is 23.7 Å². The van der Waals surface area contributed by atoms with Gasteiger partial charge in [-0.2, -0.15) is 5.10 Å². The Bertz CT molecular complexity index is 1470. The van der Waals surface area contributed by atoms with E-state index in [1.165, 1.54) is 24.3 Å². The Morgan fingerprint density at radius 2 is 1.69 bits per heavy atom. The van der Waals surface area contributed by atoms with E-state index in [9.17, 15) is 17.2 Å². The highest BCUT2D eigenvalue weighted by Gasteiger charge is 2.38. The zero-order valence-corrected chi connectivity index (χ0v) is 20.2. The van der Waals surface area contributed by atoms with Crippen LogP contribution in [0.4, 0.5) is 8.78 Å². The molecule has 0 unspecified atom stereocenters. The smallest absolute Gasteiger partial charge is 0.214 e. The van der Waals surface area contributed by atoms with E-state index in [0.29, 0.717) is 35.4 Å². The number of rotatable bonds is 8. The molecule has 4 aromatic rings. The molecule has 1 aromatic heterocycles. The topological polar surface area (TPSA) is 73.2 Å². The Morgan fingerprint density at radius 3 is 2.31 bits per heavy atom. The minimum Gasteiger partial charge on any atom is -0.482 e. The first-order valence-electron chi connectivity index (χ1n) is 11.1. The van der Waals surface area contributed by atoms with E-state index in [1.807, 2.05) is 0 Å². The van der Waals surface area contributed by atoms with Crippen LogP contribution in [0, 0.1) is 11.6 Å². The van der Waals surface area contributed by atoms with Crippen LogP contribution >= 0.6 is 11.6 Å². The molecule has 2 atom stereocenters. The van der Waals surface area contributed by atoms with Crippen molar-refractivity contribution in [2.45, 2.75) is 37.2 Å². The quantitative estimate of drug-likeness (QED) is 0.333. The lowest BCUT2D eigenvalue weighted by atomic mass is 10.0. The van der Waals surface area contributed by atoms with Gasteiger partial charge >= 0.3 is 0 Å². The Morgan fingerprint density at radius 1 is 1.06 bits per heavy atom. The number of halogens is 3. The molecule has 35 heavy (non-hydrogen) atoms. The van der Waals surface area contributed by atoms with Crippen molar-refractivity contribution >= 4 is 32.5 Å². The maximum atomic E-state index is 13.6. The zero-order valence-electron chi connectivity index (χ0n) is 18.7. The second-order valence-corrected chi connectivity index (χ2v) is 11.0. The average Bonchev–Trinajstić information content (AvgIpc) is 3.61. The Hall–Kier alpha value is -3.01. The van der Waals surface area contributed by atoms with E-state index in [0.717, 1.165) is 5.39 Å². The third-order valence-corrected chi connectivity index (χ3v) is 8.26. The first kappa shape index (κ1) is 23.7. The van der Waals surface area contributed by atoms with Gasteiger partial charge in [0.25, 0.3) is 0 Å². The van der Waals surface area contributed by atoms with Crippen molar-refractivity contribution in [3.8, 4) is 11.4 Å². The van der Waals surface area contributed by atoms with Crippen LogP contribution in [0.5, 0.6) is 5.75 Å². The highest BCUT2D eigenvalue weighted by atomic mass is 35.5. The number of benzene rings is 3. The van der Waals surface area contributed by atoms with Gasteiger partial charge in [0.05, 0.1) is 33.7 Å². The Kier molecular flexibility index (Phi) is 6.25. The molecule has 0 aliphatic heterocycles. The van der Waals surface area contributed by atoms with Crippen molar-refractivity contribution in [3.63, 3.8) is 0 Å². The van der Waals surface area contributed by atoms with Gasteiger partial charge in [0, 0.05) is 5.39 Å². The van der Waals surface area contributed by atoms with Crippen LogP contribution in [0.2, 0.25) is 5.02 Å². The summed E-state index contributed by atoms with van der Waals surface area (Å²) in [7, 11) is -3.49. The molecule has 1 aliphatic rings. The Labute approximate surface area is 206 Å². The van der Waals surface area contributed by atoms with Crippen LogP contribution in [0.15, 0.2) is 66.9 Å². The summed E-state index contributed by atoms with van der Waals surface area (Å²) in [6.07, 6.45) is 2.12. The second-order valence-electron chi connectivity index (χ2n) is 8.62. The molecule has 182 valence electrons. The maximum Gasteiger partial charge on any atom is 0.214 e. The van der Waals surface area contributed by atoms with Gasteiger partial charge in [0.15, 0.2) is 0 Å². The van der Waals surface area contributed by atoms with Crippen LogP contribution < -0.4 is 9.46 Å². The summed E-state index contributed by atoms with van der Waals surface area (Å²) in [5, 5.41) is 4.99. The van der Waals surface area contributed by atoms with Gasteiger partial charge < -0.3 is 4.74 Å². The van der Waals surface area contributed by atoms with E-state index in [-0.39, 0.29) is 10.8 Å². The first-order chi connectivity index (χ1) is 16.7. The lowest BCUT2D eigenvalue weighted by Crippen LogP contribution is -2.40. The fourth-order valence-electron chi connectivity index (χ4n) is 3.95. The monoisotopic (exact) mass is 517 g/mol. The van der Waals surface area contributed by atoms with Crippen molar-refractivity contribution in [1.82, 2.24) is 14.5 Å². The van der Waals surface area contributed by atoms with Crippen molar-refractivity contribution in [3.05, 3.63) is 89.1 Å². The molecular formula is C25H22ClF2N3O3S. The van der Waals surface area contributed by atoms with E-state index in [1.54, 1.807) is 54.2 Å². The molecule has 0 radical (unpaired) electrons. The zero-order chi connectivity index (χ0) is 24.7. The number of hydrogen-bond acceptors (Lipinski definition) is 4. The molecule has 0 spiro atoms.